The minimum atomic E-state index is -0.232. The molecule has 0 radical (unpaired) electrons. The van der Waals surface area contributed by atoms with E-state index in [1.54, 1.807) is 35.9 Å². The minimum absolute atomic E-state index is 0.0956. The highest BCUT2D eigenvalue weighted by atomic mass is 32.2. The highest BCUT2D eigenvalue weighted by Gasteiger charge is 2.18. The van der Waals surface area contributed by atoms with E-state index in [0.717, 1.165) is 6.42 Å². The Bertz CT molecular complexity index is 1350. The molecule has 0 bridgehead atoms. The average molecular weight is 454 g/mol. The fraction of sp³-hybridized carbons (Fsp3) is 0.273. The number of nitrogens with one attached hydrogen (secondary N) is 1. The number of hydrogen-bond acceptors (Lipinski definition) is 7. The van der Waals surface area contributed by atoms with Gasteiger partial charge in [0.25, 0.3) is 5.56 Å². The normalized spacial score (nSPS) is 11.1. The summed E-state index contributed by atoms with van der Waals surface area (Å²) in [5, 5.41) is 12.5. The summed E-state index contributed by atoms with van der Waals surface area (Å²) in [6.45, 7) is 2.54. The Morgan fingerprint density at radius 3 is 2.69 bits per heavy atom. The van der Waals surface area contributed by atoms with Gasteiger partial charge in [-0.25, -0.2) is 0 Å². The van der Waals surface area contributed by atoms with Crippen molar-refractivity contribution in [1.82, 2.24) is 19.2 Å². The topological polar surface area (TPSA) is 99.8 Å². The summed E-state index contributed by atoms with van der Waals surface area (Å²) in [4.78, 5) is 25.6. The van der Waals surface area contributed by atoms with Crippen molar-refractivity contribution in [2.24, 2.45) is 0 Å². The van der Waals surface area contributed by atoms with Crippen molar-refractivity contribution in [1.29, 1.82) is 0 Å². The number of anilines is 1. The van der Waals surface area contributed by atoms with E-state index in [1.807, 2.05) is 29.5 Å². The second-order valence-electron chi connectivity index (χ2n) is 6.99. The van der Waals surface area contributed by atoms with E-state index >= 15 is 0 Å². The van der Waals surface area contributed by atoms with Gasteiger partial charge in [0.1, 0.15) is 11.5 Å². The SMILES string of the molecule is CCCn1c(=O)c2ccccc2n2c(SCC(=O)Nc3cc(OC)ccc3OC)nnc12. The van der Waals surface area contributed by atoms with Crippen LogP contribution in [-0.4, -0.2) is 45.0 Å². The summed E-state index contributed by atoms with van der Waals surface area (Å²) >= 11 is 1.24. The Labute approximate surface area is 188 Å². The molecule has 0 aliphatic carbocycles. The number of fused-ring (bicyclic) bond motifs is 3. The number of hydrogen-bond donors (Lipinski definition) is 1. The molecule has 0 spiro atoms. The highest BCUT2D eigenvalue weighted by molar-refractivity contribution is 7.99. The third-order valence-electron chi connectivity index (χ3n) is 4.94. The number of para-hydroxylation sites is 1. The number of amides is 1. The molecule has 4 aromatic rings. The summed E-state index contributed by atoms with van der Waals surface area (Å²) < 4.78 is 14.0. The summed E-state index contributed by atoms with van der Waals surface area (Å²) in [7, 11) is 3.09. The van der Waals surface area contributed by atoms with Gasteiger partial charge in [-0.3, -0.25) is 18.6 Å². The van der Waals surface area contributed by atoms with E-state index in [0.29, 0.717) is 45.6 Å². The van der Waals surface area contributed by atoms with Crippen molar-refractivity contribution in [3.05, 3.63) is 52.8 Å². The predicted molar refractivity (Wildman–Crippen MR) is 124 cm³/mol. The number of ether oxygens (including phenoxy) is 2. The lowest BCUT2D eigenvalue weighted by atomic mass is 10.2. The quantitative estimate of drug-likeness (QED) is 0.409. The summed E-state index contributed by atoms with van der Waals surface area (Å²) in [5.41, 5.74) is 1.13. The van der Waals surface area contributed by atoms with Crippen molar-refractivity contribution in [3.8, 4) is 11.5 Å². The van der Waals surface area contributed by atoms with Gasteiger partial charge in [0, 0.05) is 12.6 Å². The van der Waals surface area contributed by atoms with Crippen LogP contribution >= 0.6 is 11.8 Å². The molecule has 0 atom stereocenters. The molecule has 0 fully saturated rings. The van der Waals surface area contributed by atoms with Crippen LogP contribution in [0.4, 0.5) is 5.69 Å². The van der Waals surface area contributed by atoms with Crippen LogP contribution in [0.25, 0.3) is 16.7 Å². The fourth-order valence-electron chi connectivity index (χ4n) is 3.48. The van der Waals surface area contributed by atoms with Crippen LogP contribution < -0.4 is 20.3 Å². The predicted octanol–water partition coefficient (Wildman–Crippen LogP) is 3.20. The van der Waals surface area contributed by atoms with Crippen molar-refractivity contribution >= 4 is 40.0 Å². The number of aromatic nitrogens is 4. The number of aryl methyl sites for hydroxylation is 1. The van der Waals surface area contributed by atoms with Gasteiger partial charge in [0.05, 0.1) is 36.6 Å². The van der Waals surface area contributed by atoms with Gasteiger partial charge in [-0.2, -0.15) is 0 Å². The minimum Gasteiger partial charge on any atom is -0.497 e. The molecule has 10 heteroatoms. The van der Waals surface area contributed by atoms with Crippen molar-refractivity contribution in [3.63, 3.8) is 0 Å². The number of methoxy groups -OCH3 is 2. The van der Waals surface area contributed by atoms with E-state index in [-0.39, 0.29) is 17.2 Å². The van der Waals surface area contributed by atoms with Crippen LogP contribution in [0.2, 0.25) is 0 Å². The number of rotatable bonds is 8. The van der Waals surface area contributed by atoms with Gasteiger partial charge in [-0.15, -0.1) is 10.2 Å². The fourth-order valence-corrected chi connectivity index (χ4v) is 4.22. The van der Waals surface area contributed by atoms with Crippen molar-refractivity contribution in [2.45, 2.75) is 25.0 Å². The third-order valence-corrected chi connectivity index (χ3v) is 5.87. The van der Waals surface area contributed by atoms with Crippen LogP contribution in [-0.2, 0) is 11.3 Å². The lowest BCUT2D eigenvalue weighted by Crippen LogP contribution is -2.23. The van der Waals surface area contributed by atoms with E-state index in [2.05, 4.69) is 15.5 Å². The molecule has 1 amide bonds. The smallest absolute Gasteiger partial charge is 0.262 e. The molecular weight excluding hydrogens is 430 g/mol. The van der Waals surface area contributed by atoms with Crippen LogP contribution in [0.1, 0.15) is 13.3 Å². The van der Waals surface area contributed by atoms with Crippen LogP contribution in [0.3, 0.4) is 0 Å². The first-order valence-electron chi connectivity index (χ1n) is 10.1. The van der Waals surface area contributed by atoms with Crippen molar-refractivity contribution in [2.75, 3.05) is 25.3 Å². The van der Waals surface area contributed by atoms with Gasteiger partial charge in [0.15, 0.2) is 5.16 Å². The van der Waals surface area contributed by atoms with Crippen LogP contribution in [0.15, 0.2) is 52.4 Å². The number of benzene rings is 2. The zero-order valence-corrected chi connectivity index (χ0v) is 18.8. The maximum atomic E-state index is 12.9. The van der Waals surface area contributed by atoms with Gasteiger partial charge in [0.2, 0.25) is 11.7 Å². The van der Waals surface area contributed by atoms with Crippen molar-refractivity contribution < 1.29 is 14.3 Å². The zero-order chi connectivity index (χ0) is 22.7. The molecule has 0 saturated carbocycles. The van der Waals surface area contributed by atoms with Gasteiger partial charge >= 0.3 is 0 Å². The standard InChI is InChI=1S/C22H23N5O4S/c1-4-11-26-20(29)15-7-5-6-8-17(15)27-21(26)24-25-22(27)32-13-19(28)23-16-12-14(30-2)9-10-18(16)31-3/h5-10,12H,4,11,13H2,1-3H3,(H,23,28). The molecule has 2 heterocycles. The molecule has 0 aliphatic heterocycles. The Hall–Kier alpha value is -3.53. The molecule has 0 aliphatic rings. The number of carbonyl (C=O) groups is 1. The summed E-state index contributed by atoms with van der Waals surface area (Å²) in [6.07, 6.45) is 0.786. The Balaban J connectivity index is 1.63. The number of thioether (sulfide) groups is 1. The first-order chi connectivity index (χ1) is 15.6. The monoisotopic (exact) mass is 453 g/mol. The number of nitrogens with zero attached hydrogens (tertiary/aromatic N) is 4. The average Bonchev–Trinajstić information content (AvgIpc) is 3.24. The largest absolute Gasteiger partial charge is 0.497 e. The van der Waals surface area contributed by atoms with Gasteiger partial charge in [-0.1, -0.05) is 30.8 Å². The molecule has 166 valence electrons. The molecule has 0 unspecified atom stereocenters. The lowest BCUT2D eigenvalue weighted by molar-refractivity contribution is -0.113. The van der Waals surface area contributed by atoms with E-state index in [4.69, 9.17) is 9.47 Å². The second-order valence-corrected chi connectivity index (χ2v) is 7.94. The summed E-state index contributed by atoms with van der Waals surface area (Å²) in [5.74, 6) is 1.48. The molecule has 0 saturated heterocycles. The first-order valence-corrected chi connectivity index (χ1v) is 11.1. The highest BCUT2D eigenvalue weighted by Crippen LogP contribution is 2.29. The molecule has 2 aromatic heterocycles. The first kappa shape index (κ1) is 21.7. The molecule has 9 nitrogen and oxygen atoms in total. The van der Waals surface area contributed by atoms with E-state index in [1.165, 1.54) is 18.9 Å². The van der Waals surface area contributed by atoms with Crippen LogP contribution in [0.5, 0.6) is 11.5 Å². The zero-order valence-electron chi connectivity index (χ0n) is 18.0. The molecule has 2 aromatic carbocycles. The Morgan fingerprint density at radius 1 is 1.12 bits per heavy atom. The molecule has 32 heavy (non-hydrogen) atoms. The second kappa shape index (κ2) is 9.31. The Kier molecular flexibility index (Phi) is 6.31. The molecule has 4 rings (SSSR count). The maximum absolute atomic E-state index is 12.9. The number of carbonyl (C=O) groups excluding carboxylic acids is 1. The van der Waals surface area contributed by atoms with Gasteiger partial charge < -0.3 is 14.8 Å². The van der Waals surface area contributed by atoms with Gasteiger partial charge in [-0.05, 0) is 30.7 Å². The third kappa shape index (κ3) is 4.01. The summed E-state index contributed by atoms with van der Waals surface area (Å²) in [6, 6.07) is 12.5. The maximum Gasteiger partial charge on any atom is 0.262 e. The molecule has 1 N–H and O–H groups in total. The lowest BCUT2D eigenvalue weighted by Gasteiger charge is -2.12. The Morgan fingerprint density at radius 2 is 1.94 bits per heavy atom. The van der Waals surface area contributed by atoms with Crippen LogP contribution in [0, 0.1) is 0 Å². The molecular formula is C22H23N5O4S. The van der Waals surface area contributed by atoms with E-state index in [9.17, 15) is 9.59 Å². The van der Waals surface area contributed by atoms with E-state index < -0.39 is 0 Å².